The number of ether oxygens (including phenoxy) is 1. The van der Waals surface area contributed by atoms with E-state index < -0.39 is 17.6 Å². The Labute approximate surface area is 85.9 Å². The minimum absolute atomic E-state index is 0.0654. The molecule has 0 spiro atoms. The van der Waals surface area contributed by atoms with Crippen LogP contribution in [-0.4, -0.2) is 5.97 Å². The van der Waals surface area contributed by atoms with Crippen LogP contribution in [-0.2, 0) is 4.79 Å². The fraction of sp³-hybridized carbons (Fsp3) is 0.364. The molecule has 1 aromatic rings. The van der Waals surface area contributed by atoms with Gasteiger partial charge in [0.2, 0.25) is 0 Å². The number of benzene rings is 1. The molecule has 1 aliphatic rings. The monoisotopic (exact) mass is 212 g/mol. The molecule has 15 heavy (non-hydrogen) atoms. The first kappa shape index (κ1) is 10.1. The van der Waals surface area contributed by atoms with Crippen molar-refractivity contribution >= 4 is 5.97 Å². The predicted octanol–water partition coefficient (Wildman–Crippen LogP) is 2.67. The van der Waals surface area contributed by atoms with E-state index in [9.17, 15) is 13.6 Å². The third-order valence-corrected chi connectivity index (χ3v) is 2.49. The van der Waals surface area contributed by atoms with E-state index in [1.807, 2.05) is 0 Å². The molecular weight excluding hydrogens is 202 g/mol. The van der Waals surface area contributed by atoms with E-state index >= 15 is 0 Å². The lowest BCUT2D eigenvalue weighted by molar-refractivity contribution is -0.141. The summed E-state index contributed by atoms with van der Waals surface area (Å²) < 4.78 is 30.3. The highest BCUT2D eigenvalue weighted by Gasteiger charge is 2.27. The first-order valence-corrected chi connectivity index (χ1v) is 4.83. The van der Waals surface area contributed by atoms with Crippen molar-refractivity contribution < 1.29 is 18.3 Å². The van der Waals surface area contributed by atoms with E-state index in [-0.39, 0.29) is 11.7 Å². The van der Waals surface area contributed by atoms with Gasteiger partial charge in [0, 0.05) is 18.2 Å². The van der Waals surface area contributed by atoms with Crippen LogP contribution in [0.25, 0.3) is 0 Å². The molecule has 2 rings (SSSR count). The Bertz CT molecular complexity index is 366. The smallest absolute Gasteiger partial charge is 0.314 e. The maximum atomic E-state index is 12.7. The van der Waals surface area contributed by atoms with Crippen LogP contribution in [0.3, 0.4) is 0 Å². The van der Waals surface area contributed by atoms with Crippen molar-refractivity contribution in [3.8, 4) is 5.75 Å². The molecule has 0 saturated heterocycles. The van der Waals surface area contributed by atoms with Crippen LogP contribution < -0.4 is 4.74 Å². The first-order valence-electron chi connectivity index (χ1n) is 4.83. The van der Waals surface area contributed by atoms with Gasteiger partial charge in [0.05, 0.1) is 5.92 Å². The SMILES string of the molecule is O=C(Oc1cc(F)cc(F)c1)C1CCC1. The Hall–Kier alpha value is -1.45. The fourth-order valence-electron chi connectivity index (χ4n) is 1.43. The van der Waals surface area contributed by atoms with Gasteiger partial charge in [-0.3, -0.25) is 4.79 Å². The molecule has 0 amide bonds. The summed E-state index contributed by atoms with van der Waals surface area (Å²) in [5.74, 6) is -2.05. The van der Waals surface area contributed by atoms with Crippen molar-refractivity contribution in [3.63, 3.8) is 0 Å². The van der Waals surface area contributed by atoms with E-state index in [0.29, 0.717) is 0 Å². The van der Waals surface area contributed by atoms with Crippen molar-refractivity contribution in [2.75, 3.05) is 0 Å². The third-order valence-electron chi connectivity index (χ3n) is 2.49. The highest BCUT2D eigenvalue weighted by atomic mass is 19.1. The maximum absolute atomic E-state index is 12.7. The molecule has 4 heteroatoms. The minimum Gasteiger partial charge on any atom is -0.426 e. The molecule has 1 aliphatic carbocycles. The van der Waals surface area contributed by atoms with Crippen LogP contribution in [0.4, 0.5) is 8.78 Å². The molecule has 0 radical (unpaired) electrons. The van der Waals surface area contributed by atoms with Crippen molar-refractivity contribution in [3.05, 3.63) is 29.8 Å². The highest BCUT2D eigenvalue weighted by Crippen LogP contribution is 2.28. The molecule has 80 valence electrons. The molecule has 0 aromatic heterocycles. The number of halogens is 2. The van der Waals surface area contributed by atoms with Gasteiger partial charge in [-0.1, -0.05) is 6.42 Å². The normalized spacial score (nSPS) is 15.9. The zero-order valence-electron chi connectivity index (χ0n) is 8.00. The largest absolute Gasteiger partial charge is 0.426 e. The van der Waals surface area contributed by atoms with Crippen molar-refractivity contribution in [1.82, 2.24) is 0 Å². The summed E-state index contributed by atoms with van der Waals surface area (Å²) >= 11 is 0. The van der Waals surface area contributed by atoms with E-state index in [4.69, 9.17) is 4.74 Å². The van der Waals surface area contributed by atoms with Gasteiger partial charge < -0.3 is 4.74 Å². The Morgan fingerprint density at radius 1 is 1.20 bits per heavy atom. The topological polar surface area (TPSA) is 26.3 Å². The number of esters is 1. The highest BCUT2D eigenvalue weighted by molar-refractivity contribution is 5.75. The van der Waals surface area contributed by atoms with Gasteiger partial charge in [-0.05, 0) is 12.8 Å². The number of rotatable bonds is 2. The van der Waals surface area contributed by atoms with Gasteiger partial charge in [0.25, 0.3) is 0 Å². The van der Waals surface area contributed by atoms with E-state index in [0.717, 1.165) is 37.5 Å². The lowest BCUT2D eigenvalue weighted by atomic mass is 9.86. The van der Waals surface area contributed by atoms with Crippen LogP contribution >= 0.6 is 0 Å². The minimum atomic E-state index is -0.744. The second kappa shape index (κ2) is 3.96. The Balaban J connectivity index is 2.06. The second-order valence-corrected chi connectivity index (χ2v) is 3.65. The molecule has 2 nitrogen and oxygen atoms in total. The molecule has 0 unspecified atom stereocenters. The summed E-state index contributed by atoms with van der Waals surface area (Å²) in [7, 11) is 0. The van der Waals surface area contributed by atoms with Crippen molar-refractivity contribution in [2.45, 2.75) is 19.3 Å². The second-order valence-electron chi connectivity index (χ2n) is 3.65. The van der Waals surface area contributed by atoms with Gasteiger partial charge >= 0.3 is 5.97 Å². The average molecular weight is 212 g/mol. The van der Waals surface area contributed by atoms with Gasteiger partial charge in [-0.15, -0.1) is 0 Å². The van der Waals surface area contributed by atoms with E-state index in [2.05, 4.69) is 0 Å². The lowest BCUT2D eigenvalue weighted by Gasteiger charge is -2.22. The molecule has 0 bridgehead atoms. The number of hydrogen-bond acceptors (Lipinski definition) is 2. The molecular formula is C11H10F2O2. The fourth-order valence-corrected chi connectivity index (χ4v) is 1.43. The lowest BCUT2D eigenvalue weighted by Crippen LogP contribution is -2.26. The van der Waals surface area contributed by atoms with Gasteiger partial charge in [0.15, 0.2) is 0 Å². The van der Waals surface area contributed by atoms with Crippen LogP contribution in [0, 0.1) is 17.6 Å². The Kier molecular flexibility index (Phi) is 2.66. The van der Waals surface area contributed by atoms with E-state index in [1.54, 1.807) is 0 Å². The Morgan fingerprint density at radius 3 is 2.27 bits per heavy atom. The van der Waals surface area contributed by atoms with Gasteiger partial charge in [-0.2, -0.15) is 0 Å². The average Bonchev–Trinajstić information content (AvgIpc) is 1.96. The van der Waals surface area contributed by atoms with Crippen molar-refractivity contribution in [2.24, 2.45) is 5.92 Å². The third kappa shape index (κ3) is 2.32. The summed E-state index contributed by atoms with van der Waals surface area (Å²) in [4.78, 5) is 11.4. The van der Waals surface area contributed by atoms with Gasteiger partial charge in [-0.25, -0.2) is 8.78 Å². The molecule has 0 N–H and O–H groups in total. The number of carbonyl (C=O) groups is 1. The summed E-state index contributed by atoms with van der Waals surface area (Å²) in [5, 5.41) is 0. The molecule has 1 aromatic carbocycles. The van der Waals surface area contributed by atoms with Gasteiger partial charge in [0.1, 0.15) is 17.4 Å². The number of hydrogen-bond donors (Lipinski definition) is 0. The molecule has 1 saturated carbocycles. The van der Waals surface area contributed by atoms with E-state index in [1.165, 1.54) is 0 Å². The van der Waals surface area contributed by atoms with Crippen LogP contribution in [0.1, 0.15) is 19.3 Å². The van der Waals surface area contributed by atoms with Crippen LogP contribution in [0.15, 0.2) is 18.2 Å². The number of carbonyl (C=O) groups excluding carboxylic acids is 1. The summed E-state index contributed by atoms with van der Waals surface area (Å²) in [6.45, 7) is 0. The zero-order chi connectivity index (χ0) is 10.8. The van der Waals surface area contributed by atoms with Crippen LogP contribution in [0.2, 0.25) is 0 Å². The quantitative estimate of drug-likeness (QED) is 0.556. The molecule has 0 atom stereocenters. The maximum Gasteiger partial charge on any atom is 0.314 e. The summed E-state index contributed by atoms with van der Waals surface area (Å²) in [5.41, 5.74) is 0. The molecule has 0 aliphatic heterocycles. The standard InChI is InChI=1S/C11H10F2O2/c12-8-4-9(13)6-10(5-8)15-11(14)7-2-1-3-7/h4-7H,1-3H2. The zero-order valence-corrected chi connectivity index (χ0v) is 8.00. The Morgan fingerprint density at radius 2 is 1.80 bits per heavy atom. The first-order chi connectivity index (χ1) is 7.15. The molecule has 1 fully saturated rings. The van der Waals surface area contributed by atoms with Crippen LogP contribution in [0.5, 0.6) is 5.75 Å². The predicted molar refractivity (Wildman–Crippen MR) is 49.3 cm³/mol. The summed E-state index contributed by atoms with van der Waals surface area (Å²) in [6.07, 6.45) is 2.62. The summed E-state index contributed by atoms with van der Waals surface area (Å²) in [6, 6.07) is 2.74. The molecule has 0 heterocycles. The van der Waals surface area contributed by atoms with Crippen molar-refractivity contribution in [1.29, 1.82) is 0 Å².